The maximum atomic E-state index is 11.6. The zero-order valence-electron chi connectivity index (χ0n) is 11.1. The van der Waals surface area contributed by atoms with Crippen molar-refractivity contribution < 1.29 is 17.9 Å². The number of hydrogen-bond donors (Lipinski definition) is 1. The zero-order chi connectivity index (χ0) is 13.6. The van der Waals surface area contributed by atoms with Crippen molar-refractivity contribution in [1.82, 2.24) is 4.72 Å². The third-order valence-electron chi connectivity index (χ3n) is 3.17. The molecule has 1 fully saturated rings. The zero-order valence-corrected chi connectivity index (χ0v) is 12.0. The quantitative estimate of drug-likeness (QED) is 0.746. The Kier molecular flexibility index (Phi) is 6.08. The Labute approximate surface area is 109 Å². The van der Waals surface area contributed by atoms with Gasteiger partial charge in [-0.15, -0.1) is 0 Å². The Morgan fingerprint density at radius 1 is 1.22 bits per heavy atom. The highest BCUT2D eigenvalue weighted by molar-refractivity contribution is 7.89. The lowest BCUT2D eigenvalue weighted by molar-refractivity contribution is -0.149. The number of carbonyl (C=O) groups is 1. The van der Waals surface area contributed by atoms with E-state index >= 15 is 0 Å². The van der Waals surface area contributed by atoms with Crippen molar-refractivity contribution in [1.29, 1.82) is 0 Å². The summed E-state index contributed by atoms with van der Waals surface area (Å²) in [6.07, 6.45) is 3.46. The molecule has 1 rings (SSSR count). The van der Waals surface area contributed by atoms with Gasteiger partial charge < -0.3 is 4.74 Å². The molecule has 0 heterocycles. The number of sulfonamides is 1. The molecular formula is C12H23NO4S. The molecule has 0 aliphatic heterocycles. The van der Waals surface area contributed by atoms with Gasteiger partial charge in [-0.25, -0.2) is 13.1 Å². The maximum absolute atomic E-state index is 11.6. The summed E-state index contributed by atoms with van der Waals surface area (Å²) >= 11 is 0. The lowest BCUT2D eigenvalue weighted by Gasteiger charge is -2.27. The summed E-state index contributed by atoms with van der Waals surface area (Å²) in [6, 6.07) is -0.0211. The van der Waals surface area contributed by atoms with E-state index in [-0.39, 0.29) is 23.7 Å². The first-order chi connectivity index (χ1) is 8.48. The van der Waals surface area contributed by atoms with Gasteiger partial charge >= 0.3 is 5.97 Å². The molecule has 1 N–H and O–H groups in total. The predicted octanol–water partition coefficient (Wildman–Crippen LogP) is 1.44. The summed E-state index contributed by atoms with van der Waals surface area (Å²) in [5.74, 6) is -0.0330. The third-order valence-corrected chi connectivity index (χ3v) is 4.80. The summed E-state index contributed by atoms with van der Waals surface area (Å²) in [7, 11) is -3.15. The Bertz CT molecular complexity index is 358. The van der Waals surface area contributed by atoms with Crippen molar-refractivity contribution in [2.45, 2.75) is 52.0 Å². The molecule has 0 bridgehead atoms. The van der Waals surface area contributed by atoms with Crippen molar-refractivity contribution in [3.63, 3.8) is 0 Å². The molecule has 0 unspecified atom stereocenters. The first-order valence-electron chi connectivity index (χ1n) is 6.65. The molecule has 6 heteroatoms. The SMILES string of the molecule is CCCS(=O)(=O)NC1CCC(C(=O)OCC)CC1. The van der Waals surface area contributed by atoms with Gasteiger partial charge in [0.2, 0.25) is 10.0 Å². The molecule has 0 radical (unpaired) electrons. The summed E-state index contributed by atoms with van der Waals surface area (Å²) < 4.78 is 30.9. The number of nitrogens with one attached hydrogen (secondary N) is 1. The largest absolute Gasteiger partial charge is 0.466 e. The fraction of sp³-hybridized carbons (Fsp3) is 0.917. The van der Waals surface area contributed by atoms with E-state index in [1.165, 1.54) is 0 Å². The van der Waals surface area contributed by atoms with E-state index in [0.717, 1.165) is 0 Å². The first kappa shape index (κ1) is 15.4. The molecule has 0 aromatic rings. The van der Waals surface area contributed by atoms with Crippen molar-refractivity contribution >= 4 is 16.0 Å². The van der Waals surface area contributed by atoms with Crippen molar-refractivity contribution in [2.24, 2.45) is 5.92 Å². The minimum absolute atomic E-state index is 0.0211. The van der Waals surface area contributed by atoms with Gasteiger partial charge in [0.05, 0.1) is 18.3 Å². The summed E-state index contributed by atoms with van der Waals surface area (Å²) in [5.41, 5.74) is 0. The highest BCUT2D eigenvalue weighted by Crippen LogP contribution is 2.25. The van der Waals surface area contributed by atoms with Crippen molar-refractivity contribution in [3.05, 3.63) is 0 Å². The van der Waals surface area contributed by atoms with Crippen LogP contribution >= 0.6 is 0 Å². The number of carbonyl (C=O) groups excluding carboxylic acids is 1. The van der Waals surface area contributed by atoms with E-state index in [9.17, 15) is 13.2 Å². The number of hydrogen-bond acceptors (Lipinski definition) is 4. The second-order valence-electron chi connectivity index (χ2n) is 4.74. The Morgan fingerprint density at radius 3 is 2.33 bits per heavy atom. The highest BCUT2D eigenvalue weighted by atomic mass is 32.2. The van der Waals surface area contributed by atoms with Gasteiger partial charge in [0, 0.05) is 6.04 Å². The lowest BCUT2D eigenvalue weighted by Crippen LogP contribution is -2.39. The molecule has 0 saturated heterocycles. The fourth-order valence-corrected chi connectivity index (χ4v) is 3.69. The van der Waals surface area contributed by atoms with E-state index in [1.54, 1.807) is 6.92 Å². The molecule has 0 aromatic carbocycles. The maximum Gasteiger partial charge on any atom is 0.308 e. The first-order valence-corrected chi connectivity index (χ1v) is 8.30. The Hall–Kier alpha value is -0.620. The van der Waals surface area contributed by atoms with E-state index in [4.69, 9.17) is 4.74 Å². The van der Waals surface area contributed by atoms with Crippen molar-refractivity contribution in [3.8, 4) is 0 Å². The van der Waals surface area contributed by atoms with Gasteiger partial charge in [0.25, 0.3) is 0 Å². The van der Waals surface area contributed by atoms with Gasteiger partial charge in [0.1, 0.15) is 0 Å². The normalized spacial score (nSPS) is 24.8. The number of rotatable bonds is 6. The monoisotopic (exact) mass is 277 g/mol. The standard InChI is InChI=1S/C12H23NO4S/c1-3-9-18(15,16)13-11-7-5-10(6-8-11)12(14)17-4-2/h10-11,13H,3-9H2,1-2H3. The van der Waals surface area contributed by atoms with Crippen LogP contribution in [0.5, 0.6) is 0 Å². The van der Waals surface area contributed by atoms with E-state index in [0.29, 0.717) is 38.7 Å². The fourth-order valence-electron chi connectivity index (χ4n) is 2.29. The molecule has 1 aliphatic carbocycles. The number of esters is 1. The molecule has 0 amide bonds. The Morgan fingerprint density at radius 2 is 1.83 bits per heavy atom. The van der Waals surface area contributed by atoms with Crippen LogP contribution in [0.2, 0.25) is 0 Å². The molecule has 5 nitrogen and oxygen atoms in total. The van der Waals surface area contributed by atoms with Crippen LogP contribution in [0.4, 0.5) is 0 Å². The van der Waals surface area contributed by atoms with Gasteiger partial charge in [-0.2, -0.15) is 0 Å². The van der Waals surface area contributed by atoms with Crippen molar-refractivity contribution in [2.75, 3.05) is 12.4 Å². The van der Waals surface area contributed by atoms with Gasteiger partial charge in [-0.1, -0.05) is 6.92 Å². The minimum Gasteiger partial charge on any atom is -0.466 e. The summed E-state index contributed by atoms with van der Waals surface area (Å²) in [5, 5.41) is 0. The van der Waals surface area contributed by atoms with Crippen LogP contribution in [0.3, 0.4) is 0 Å². The lowest BCUT2D eigenvalue weighted by atomic mass is 9.86. The summed E-state index contributed by atoms with van der Waals surface area (Å²) in [4.78, 5) is 11.5. The second kappa shape index (κ2) is 7.09. The smallest absolute Gasteiger partial charge is 0.308 e. The molecule has 18 heavy (non-hydrogen) atoms. The molecule has 0 spiro atoms. The molecule has 106 valence electrons. The highest BCUT2D eigenvalue weighted by Gasteiger charge is 2.28. The topological polar surface area (TPSA) is 72.5 Å². The van der Waals surface area contributed by atoms with Crippen LogP contribution < -0.4 is 4.72 Å². The van der Waals surface area contributed by atoms with E-state index in [2.05, 4.69) is 4.72 Å². The number of ether oxygens (including phenoxy) is 1. The van der Waals surface area contributed by atoms with Gasteiger partial charge in [-0.05, 0) is 39.0 Å². The Balaban J connectivity index is 2.38. The van der Waals surface area contributed by atoms with Crippen LogP contribution in [0.1, 0.15) is 46.0 Å². The average molecular weight is 277 g/mol. The van der Waals surface area contributed by atoms with Crippen LogP contribution in [0.25, 0.3) is 0 Å². The average Bonchev–Trinajstić information content (AvgIpc) is 2.29. The second-order valence-corrected chi connectivity index (χ2v) is 6.61. The van der Waals surface area contributed by atoms with E-state index in [1.807, 2.05) is 6.92 Å². The van der Waals surface area contributed by atoms with Crippen LogP contribution in [-0.4, -0.2) is 32.8 Å². The summed E-state index contributed by atoms with van der Waals surface area (Å²) in [6.45, 7) is 4.04. The molecule has 1 aliphatic rings. The van der Waals surface area contributed by atoms with E-state index < -0.39 is 10.0 Å². The predicted molar refractivity (Wildman–Crippen MR) is 69.6 cm³/mol. The van der Waals surface area contributed by atoms with Gasteiger partial charge in [-0.3, -0.25) is 4.79 Å². The molecular weight excluding hydrogens is 254 g/mol. The third kappa shape index (κ3) is 4.94. The molecule has 0 aromatic heterocycles. The molecule has 1 saturated carbocycles. The van der Waals surface area contributed by atoms with Crippen LogP contribution in [-0.2, 0) is 19.6 Å². The van der Waals surface area contributed by atoms with Crippen LogP contribution in [0, 0.1) is 5.92 Å². The minimum atomic E-state index is -3.15. The van der Waals surface area contributed by atoms with Crippen LogP contribution in [0.15, 0.2) is 0 Å². The molecule has 0 atom stereocenters. The van der Waals surface area contributed by atoms with Gasteiger partial charge in [0.15, 0.2) is 0 Å².